The summed E-state index contributed by atoms with van der Waals surface area (Å²) < 4.78 is 23.7. The number of carbonyl (C=O) groups excluding carboxylic acids is 1. The first kappa shape index (κ1) is 60.7. The summed E-state index contributed by atoms with van der Waals surface area (Å²) >= 11 is 0. The summed E-state index contributed by atoms with van der Waals surface area (Å²) in [5, 5.41) is 0. The van der Waals surface area contributed by atoms with E-state index in [2.05, 4.69) is 121 Å². The maximum Gasteiger partial charge on any atom is 0.132 e. The first-order valence-corrected chi connectivity index (χ1v) is 29.4. The van der Waals surface area contributed by atoms with Crippen molar-refractivity contribution in [3.05, 3.63) is 155 Å². The van der Waals surface area contributed by atoms with Gasteiger partial charge >= 0.3 is 0 Å². The Balaban J connectivity index is 1.16. The topological polar surface area (TPSA) is 54.0 Å². The number of carbonyl (C=O) groups is 1. The molecule has 5 nitrogen and oxygen atoms in total. The van der Waals surface area contributed by atoms with Crippen LogP contribution < -0.4 is 0 Å². The van der Waals surface area contributed by atoms with E-state index in [9.17, 15) is 4.79 Å². The van der Waals surface area contributed by atoms with Gasteiger partial charge in [-0.1, -0.05) is 242 Å². The van der Waals surface area contributed by atoms with Gasteiger partial charge in [-0.05, 0) is 105 Å². The molecule has 0 aliphatic heterocycles. The summed E-state index contributed by atoms with van der Waals surface area (Å²) in [5.41, 5.74) is 6.71. The molecule has 72 heavy (non-hydrogen) atoms. The third kappa shape index (κ3) is 34.5. The van der Waals surface area contributed by atoms with Gasteiger partial charge in [0.15, 0.2) is 0 Å². The first-order valence-electron chi connectivity index (χ1n) is 29.4. The SMILES string of the molecule is O=C(CCCCCCCCCOCc1ccccc1)CCCC(C=C(CCCCCCCCCOCc1ccccc1)CCCCCCCCCOCc1ccccc1)CCCCCOCc1ccccc1. The van der Waals surface area contributed by atoms with Crippen LogP contribution in [0, 0.1) is 5.92 Å². The Morgan fingerprint density at radius 1 is 0.306 bits per heavy atom. The van der Waals surface area contributed by atoms with Gasteiger partial charge in [0, 0.05) is 39.3 Å². The Morgan fingerprint density at radius 3 is 0.917 bits per heavy atom. The van der Waals surface area contributed by atoms with E-state index in [-0.39, 0.29) is 0 Å². The average Bonchev–Trinajstić information content (AvgIpc) is 3.41. The summed E-state index contributed by atoms with van der Waals surface area (Å²) in [4.78, 5) is 13.1. The highest BCUT2D eigenvalue weighted by molar-refractivity contribution is 5.78. The fraction of sp³-hybridized carbons (Fsp3) is 0.597. The van der Waals surface area contributed by atoms with E-state index in [4.69, 9.17) is 18.9 Å². The number of unbranched alkanes of at least 4 members (excludes halogenated alkanes) is 20. The van der Waals surface area contributed by atoms with Gasteiger partial charge in [-0.15, -0.1) is 0 Å². The van der Waals surface area contributed by atoms with E-state index in [0.29, 0.717) is 24.9 Å². The van der Waals surface area contributed by atoms with Crippen LogP contribution in [0.1, 0.15) is 221 Å². The predicted molar refractivity (Wildman–Crippen MR) is 304 cm³/mol. The molecule has 0 fully saturated rings. The molecule has 0 spiro atoms. The molecule has 0 N–H and O–H groups in total. The molecule has 0 bridgehead atoms. The predicted octanol–water partition coefficient (Wildman–Crippen LogP) is 19.1. The van der Waals surface area contributed by atoms with Gasteiger partial charge in [-0.3, -0.25) is 4.79 Å². The van der Waals surface area contributed by atoms with Crippen molar-refractivity contribution in [3.8, 4) is 0 Å². The molecule has 0 saturated heterocycles. The lowest BCUT2D eigenvalue weighted by atomic mass is 9.89. The molecule has 0 aliphatic carbocycles. The lowest BCUT2D eigenvalue weighted by molar-refractivity contribution is -0.119. The maximum absolute atomic E-state index is 13.1. The summed E-state index contributed by atoms with van der Waals surface area (Å²) in [6, 6.07) is 42.0. The average molecular weight is 986 g/mol. The molecule has 0 aliphatic rings. The zero-order valence-corrected chi connectivity index (χ0v) is 45.3. The Bertz CT molecular complexity index is 1750. The quantitative estimate of drug-likeness (QED) is 0.0326. The first-order chi connectivity index (χ1) is 35.7. The number of hydrogen-bond donors (Lipinski definition) is 0. The second kappa shape index (κ2) is 44.6. The summed E-state index contributed by atoms with van der Waals surface area (Å²) in [6.07, 6.45) is 40.0. The normalized spacial score (nSPS) is 11.8. The Kier molecular flexibility index (Phi) is 37.6. The number of ether oxygens (including phenoxy) is 4. The molecule has 0 saturated carbocycles. The third-order valence-corrected chi connectivity index (χ3v) is 14.1. The highest BCUT2D eigenvalue weighted by Crippen LogP contribution is 2.26. The van der Waals surface area contributed by atoms with Crippen LogP contribution in [-0.2, 0) is 50.2 Å². The second-order valence-corrected chi connectivity index (χ2v) is 20.7. The largest absolute Gasteiger partial charge is 0.377 e. The smallest absolute Gasteiger partial charge is 0.132 e. The Hall–Kier alpha value is -3.87. The number of rotatable bonds is 49. The fourth-order valence-electron chi connectivity index (χ4n) is 9.76. The molecule has 1 atom stereocenters. The van der Waals surface area contributed by atoms with E-state index in [1.54, 1.807) is 5.57 Å². The Labute approximate surface area is 440 Å². The number of Topliss-reactive ketones (excluding diaryl/α,β-unsaturated/α-hetero) is 1. The second-order valence-electron chi connectivity index (χ2n) is 20.7. The minimum Gasteiger partial charge on any atom is -0.377 e. The van der Waals surface area contributed by atoms with Crippen molar-refractivity contribution in [2.45, 2.75) is 225 Å². The molecular formula is C67H100O5. The van der Waals surface area contributed by atoms with E-state index in [1.807, 2.05) is 6.07 Å². The van der Waals surface area contributed by atoms with Gasteiger partial charge < -0.3 is 18.9 Å². The van der Waals surface area contributed by atoms with Gasteiger partial charge in [0.1, 0.15) is 5.78 Å². The van der Waals surface area contributed by atoms with Crippen molar-refractivity contribution in [1.29, 1.82) is 0 Å². The lowest BCUT2D eigenvalue weighted by Gasteiger charge is -2.17. The van der Waals surface area contributed by atoms with Crippen LogP contribution >= 0.6 is 0 Å². The molecule has 398 valence electrons. The minimum absolute atomic E-state index is 0.475. The molecule has 5 heteroatoms. The van der Waals surface area contributed by atoms with Gasteiger partial charge in [0.05, 0.1) is 26.4 Å². The summed E-state index contributed by atoms with van der Waals surface area (Å²) in [7, 11) is 0. The number of ketones is 1. The number of allylic oxidation sites excluding steroid dienone is 2. The molecular weight excluding hydrogens is 885 g/mol. The van der Waals surface area contributed by atoms with Gasteiger partial charge in [0.2, 0.25) is 0 Å². The summed E-state index contributed by atoms with van der Waals surface area (Å²) in [5.74, 6) is 1.04. The highest BCUT2D eigenvalue weighted by Gasteiger charge is 2.11. The van der Waals surface area contributed by atoms with Crippen molar-refractivity contribution in [1.82, 2.24) is 0 Å². The molecule has 0 heterocycles. The molecule has 4 aromatic rings. The summed E-state index contributed by atoms with van der Waals surface area (Å²) in [6.45, 7) is 6.24. The van der Waals surface area contributed by atoms with Crippen LogP contribution in [0.2, 0.25) is 0 Å². The molecule has 4 aromatic carbocycles. The molecule has 4 rings (SSSR count). The number of hydrogen-bond acceptors (Lipinski definition) is 5. The minimum atomic E-state index is 0.475. The molecule has 0 amide bonds. The van der Waals surface area contributed by atoms with Crippen LogP contribution in [0.4, 0.5) is 0 Å². The molecule has 0 radical (unpaired) electrons. The van der Waals surface area contributed by atoms with Crippen molar-refractivity contribution in [2.24, 2.45) is 5.92 Å². The van der Waals surface area contributed by atoms with Crippen LogP contribution in [-0.4, -0.2) is 32.2 Å². The fourth-order valence-corrected chi connectivity index (χ4v) is 9.76. The van der Waals surface area contributed by atoms with Gasteiger partial charge in [-0.2, -0.15) is 0 Å². The number of benzene rings is 4. The van der Waals surface area contributed by atoms with Gasteiger partial charge in [-0.25, -0.2) is 0 Å². The third-order valence-electron chi connectivity index (χ3n) is 14.1. The van der Waals surface area contributed by atoms with E-state index >= 15 is 0 Å². The monoisotopic (exact) mass is 985 g/mol. The maximum atomic E-state index is 13.1. The van der Waals surface area contributed by atoms with Crippen LogP contribution in [0.15, 0.2) is 133 Å². The van der Waals surface area contributed by atoms with E-state index in [1.165, 1.54) is 164 Å². The Morgan fingerprint density at radius 2 is 0.569 bits per heavy atom. The zero-order chi connectivity index (χ0) is 50.3. The van der Waals surface area contributed by atoms with Crippen molar-refractivity contribution < 1.29 is 23.7 Å². The van der Waals surface area contributed by atoms with Crippen molar-refractivity contribution in [3.63, 3.8) is 0 Å². The van der Waals surface area contributed by atoms with Crippen molar-refractivity contribution >= 4 is 5.78 Å². The lowest BCUT2D eigenvalue weighted by Crippen LogP contribution is -2.04. The highest BCUT2D eigenvalue weighted by atomic mass is 16.5. The molecule has 1 unspecified atom stereocenters. The van der Waals surface area contributed by atoms with Gasteiger partial charge in [0.25, 0.3) is 0 Å². The van der Waals surface area contributed by atoms with Crippen molar-refractivity contribution in [2.75, 3.05) is 26.4 Å². The van der Waals surface area contributed by atoms with E-state index in [0.717, 1.165) is 97.4 Å². The van der Waals surface area contributed by atoms with Crippen LogP contribution in [0.25, 0.3) is 0 Å². The standard InChI is InChI=1S/C67H100O5/c68-67(50-32-12-6-3-9-15-35-54-71-59-65-45-27-18-28-46-65)51-37-49-62(40-31-20-36-55-72-60-66-47-29-19-30-48-66)56-61(38-21-10-4-1-7-13-33-52-69-57-63-41-23-16-24-42-63)39-22-11-5-2-8-14-34-53-70-58-64-43-25-17-26-44-64/h16-19,23-30,41-48,56,62H,1-15,20-22,31-40,49-55,57-60H2. The van der Waals surface area contributed by atoms with Crippen LogP contribution in [0.5, 0.6) is 0 Å². The molecule has 0 aromatic heterocycles. The van der Waals surface area contributed by atoms with Crippen LogP contribution in [0.3, 0.4) is 0 Å². The zero-order valence-electron chi connectivity index (χ0n) is 45.3. The van der Waals surface area contributed by atoms with E-state index < -0.39 is 0 Å².